The van der Waals surface area contributed by atoms with Gasteiger partial charge in [-0.05, 0) is 37.8 Å². The fourth-order valence-corrected chi connectivity index (χ4v) is 3.55. The molecule has 0 unspecified atom stereocenters. The molecule has 6 heteroatoms. The molecule has 2 aromatic heterocycles. The summed E-state index contributed by atoms with van der Waals surface area (Å²) in [6, 6.07) is 13.0. The van der Waals surface area contributed by atoms with E-state index in [0.29, 0.717) is 11.4 Å². The van der Waals surface area contributed by atoms with E-state index >= 15 is 0 Å². The van der Waals surface area contributed by atoms with Crippen molar-refractivity contribution in [2.75, 3.05) is 0 Å². The quantitative estimate of drug-likeness (QED) is 0.538. The van der Waals surface area contributed by atoms with E-state index in [1.165, 1.54) is 0 Å². The average Bonchev–Trinajstić information content (AvgIpc) is 3.14. The number of hydrogen-bond acceptors (Lipinski definition) is 4. The molecule has 1 aromatic carbocycles. The molecule has 138 valence electrons. The van der Waals surface area contributed by atoms with E-state index in [4.69, 9.17) is 4.74 Å². The van der Waals surface area contributed by atoms with E-state index in [1.807, 2.05) is 42.5 Å². The van der Waals surface area contributed by atoms with Gasteiger partial charge in [-0.15, -0.1) is 0 Å². The number of aromatic nitrogens is 2. The van der Waals surface area contributed by atoms with Crippen molar-refractivity contribution in [1.29, 1.82) is 0 Å². The lowest BCUT2D eigenvalue weighted by Crippen LogP contribution is -2.42. The van der Waals surface area contributed by atoms with Crippen LogP contribution in [0.15, 0.2) is 54.9 Å². The summed E-state index contributed by atoms with van der Waals surface area (Å²) in [7, 11) is 0. The minimum Gasteiger partial charge on any atom is -0.474 e. The number of ether oxygens (including phenoxy) is 1. The second kappa shape index (κ2) is 7.61. The third-order valence-corrected chi connectivity index (χ3v) is 4.97. The van der Waals surface area contributed by atoms with E-state index < -0.39 is 11.7 Å². The van der Waals surface area contributed by atoms with Crippen LogP contribution < -0.4 is 10.1 Å². The van der Waals surface area contributed by atoms with Crippen LogP contribution in [0, 0.1) is 0 Å². The molecule has 0 saturated heterocycles. The third-order valence-electron chi connectivity index (χ3n) is 4.97. The summed E-state index contributed by atoms with van der Waals surface area (Å²) in [5, 5.41) is 3.65. The van der Waals surface area contributed by atoms with E-state index in [9.17, 15) is 9.59 Å². The minimum absolute atomic E-state index is 0.00441. The number of carbonyl (C=O) groups is 2. The molecular formula is C21H21N3O3. The highest BCUT2D eigenvalue weighted by Crippen LogP contribution is 2.23. The lowest BCUT2D eigenvalue weighted by Gasteiger charge is -2.29. The van der Waals surface area contributed by atoms with Crippen LogP contribution in [0.4, 0.5) is 0 Å². The molecule has 2 N–H and O–H groups in total. The van der Waals surface area contributed by atoms with Gasteiger partial charge in [-0.3, -0.25) is 9.59 Å². The number of carbonyl (C=O) groups excluding carboxylic acids is 2. The number of H-pyrrole nitrogens is 1. The average molecular weight is 363 g/mol. The first-order valence-corrected chi connectivity index (χ1v) is 9.19. The first kappa shape index (κ1) is 17.3. The Morgan fingerprint density at radius 2 is 1.81 bits per heavy atom. The van der Waals surface area contributed by atoms with Crippen LogP contribution in [-0.4, -0.2) is 33.8 Å². The number of Topliss-reactive ketones (excluding diaryl/α,β-unsaturated/α-hetero) is 1. The molecular weight excluding hydrogens is 342 g/mol. The second-order valence-corrected chi connectivity index (χ2v) is 6.81. The first-order valence-electron chi connectivity index (χ1n) is 9.19. The van der Waals surface area contributed by atoms with Crippen LogP contribution in [0.25, 0.3) is 10.9 Å². The number of hydrogen-bond donors (Lipinski definition) is 2. The van der Waals surface area contributed by atoms with Gasteiger partial charge in [0.2, 0.25) is 5.88 Å². The highest BCUT2D eigenvalue weighted by molar-refractivity contribution is 6.45. The number of nitrogens with zero attached hydrogens (tertiary/aromatic N) is 1. The maximum absolute atomic E-state index is 12.5. The minimum atomic E-state index is -0.547. The number of benzene rings is 1. The Hall–Kier alpha value is -3.15. The molecule has 1 fully saturated rings. The highest BCUT2D eigenvalue weighted by Gasteiger charge is 2.27. The summed E-state index contributed by atoms with van der Waals surface area (Å²) in [5.41, 5.74) is 1.26. The van der Waals surface area contributed by atoms with E-state index in [2.05, 4.69) is 15.3 Å². The molecule has 0 spiro atoms. The number of rotatable bonds is 5. The Morgan fingerprint density at radius 1 is 1.04 bits per heavy atom. The number of aromatic amines is 1. The molecule has 4 rings (SSSR count). The Kier molecular flexibility index (Phi) is 4.87. The number of ketones is 1. The van der Waals surface area contributed by atoms with Gasteiger partial charge in [-0.2, -0.15) is 0 Å². The maximum atomic E-state index is 12.5. The summed E-state index contributed by atoms with van der Waals surface area (Å²) in [5.74, 6) is -0.423. The largest absolute Gasteiger partial charge is 0.474 e. The standard InChI is InChI=1S/C21H21N3O3/c25-20(17-13-23-18-6-2-1-5-16(17)18)21(26)24-14-8-10-15(11-9-14)27-19-7-3-4-12-22-19/h1-7,12-15,23H,8-11H2,(H,24,26). The number of pyridine rings is 1. The smallest absolute Gasteiger partial charge is 0.292 e. The number of amides is 1. The SMILES string of the molecule is O=C(NC1CCC(Oc2ccccn2)CC1)C(=O)c1c[nH]c2ccccc12. The van der Waals surface area contributed by atoms with E-state index in [0.717, 1.165) is 36.6 Å². The molecule has 0 bridgehead atoms. The van der Waals surface area contributed by atoms with Gasteiger partial charge in [-0.25, -0.2) is 4.98 Å². The van der Waals surface area contributed by atoms with Crippen LogP contribution in [0.5, 0.6) is 5.88 Å². The van der Waals surface area contributed by atoms with Gasteiger partial charge in [0.25, 0.3) is 11.7 Å². The fourth-order valence-electron chi connectivity index (χ4n) is 3.55. The topological polar surface area (TPSA) is 84.1 Å². The number of para-hydroxylation sites is 1. The van der Waals surface area contributed by atoms with Crippen molar-refractivity contribution in [3.63, 3.8) is 0 Å². The van der Waals surface area contributed by atoms with Crippen molar-refractivity contribution in [2.45, 2.75) is 37.8 Å². The van der Waals surface area contributed by atoms with Gasteiger partial charge in [0, 0.05) is 35.4 Å². The van der Waals surface area contributed by atoms with Crippen LogP contribution in [0.2, 0.25) is 0 Å². The lowest BCUT2D eigenvalue weighted by molar-refractivity contribution is -0.118. The van der Waals surface area contributed by atoms with Crippen LogP contribution in [0.3, 0.4) is 0 Å². The maximum Gasteiger partial charge on any atom is 0.292 e. The normalized spacial score (nSPS) is 19.6. The monoisotopic (exact) mass is 363 g/mol. The zero-order chi connectivity index (χ0) is 18.6. The van der Waals surface area contributed by atoms with Crippen LogP contribution in [0.1, 0.15) is 36.0 Å². The summed E-state index contributed by atoms with van der Waals surface area (Å²) in [6.45, 7) is 0. The predicted molar refractivity (Wildman–Crippen MR) is 102 cm³/mol. The van der Waals surface area contributed by atoms with Crippen molar-refractivity contribution in [2.24, 2.45) is 0 Å². The molecule has 1 amide bonds. The van der Waals surface area contributed by atoms with Crippen molar-refractivity contribution in [3.05, 3.63) is 60.4 Å². The lowest BCUT2D eigenvalue weighted by atomic mass is 9.92. The molecule has 1 aliphatic carbocycles. The first-order chi connectivity index (χ1) is 13.2. The van der Waals surface area contributed by atoms with Gasteiger partial charge < -0.3 is 15.0 Å². The number of nitrogens with one attached hydrogen (secondary N) is 2. The van der Waals surface area contributed by atoms with Gasteiger partial charge in [-0.1, -0.05) is 24.3 Å². The zero-order valence-corrected chi connectivity index (χ0v) is 14.9. The molecule has 0 aliphatic heterocycles. The summed E-state index contributed by atoms with van der Waals surface area (Å²) < 4.78 is 5.87. The molecule has 1 saturated carbocycles. The molecule has 6 nitrogen and oxygen atoms in total. The Morgan fingerprint density at radius 3 is 2.59 bits per heavy atom. The van der Waals surface area contributed by atoms with Gasteiger partial charge >= 0.3 is 0 Å². The number of fused-ring (bicyclic) bond motifs is 1. The molecule has 1 aliphatic rings. The third kappa shape index (κ3) is 3.84. The summed E-state index contributed by atoms with van der Waals surface area (Å²) >= 11 is 0. The van der Waals surface area contributed by atoms with Crippen LogP contribution >= 0.6 is 0 Å². The van der Waals surface area contributed by atoms with Gasteiger partial charge in [0.05, 0.1) is 5.56 Å². The summed E-state index contributed by atoms with van der Waals surface area (Å²) in [6.07, 6.45) is 6.61. The zero-order valence-electron chi connectivity index (χ0n) is 14.9. The van der Waals surface area contributed by atoms with Gasteiger partial charge in [0.1, 0.15) is 6.10 Å². The fraction of sp³-hybridized carbons (Fsp3) is 0.286. The van der Waals surface area contributed by atoms with Gasteiger partial charge in [0.15, 0.2) is 0 Å². The van der Waals surface area contributed by atoms with Crippen LogP contribution in [-0.2, 0) is 4.79 Å². The van der Waals surface area contributed by atoms with E-state index in [1.54, 1.807) is 12.4 Å². The highest BCUT2D eigenvalue weighted by atomic mass is 16.5. The molecule has 3 aromatic rings. The van der Waals surface area contributed by atoms with Crippen molar-refractivity contribution in [1.82, 2.24) is 15.3 Å². The second-order valence-electron chi connectivity index (χ2n) is 6.81. The van der Waals surface area contributed by atoms with Crippen molar-refractivity contribution >= 4 is 22.6 Å². The predicted octanol–water partition coefficient (Wildman–Crippen LogP) is 3.25. The Balaban J connectivity index is 1.32. The molecule has 0 atom stereocenters. The molecule has 27 heavy (non-hydrogen) atoms. The summed E-state index contributed by atoms with van der Waals surface area (Å²) in [4.78, 5) is 32.2. The Bertz CT molecular complexity index is 943. The van der Waals surface area contributed by atoms with Crippen molar-refractivity contribution < 1.29 is 14.3 Å². The molecule has 2 heterocycles. The molecule has 0 radical (unpaired) electrons. The Labute approximate surface area is 156 Å². The van der Waals surface area contributed by atoms with E-state index in [-0.39, 0.29) is 12.1 Å². The van der Waals surface area contributed by atoms with Crippen molar-refractivity contribution in [3.8, 4) is 5.88 Å².